The van der Waals surface area contributed by atoms with Gasteiger partial charge >= 0.3 is 0 Å². The number of guanidine groups is 1. The second kappa shape index (κ2) is 10.5. The van der Waals surface area contributed by atoms with Gasteiger partial charge in [-0.25, -0.2) is 4.99 Å². The fourth-order valence-corrected chi connectivity index (χ4v) is 3.08. The van der Waals surface area contributed by atoms with Crippen LogP contribution in [0.15, 0.2) is 29.3 Å². The van der Waals surface area contributed by atoms with Gasteiger partial charge in [0.2, 0.25) is 0 Å². The molecule has 2 atom stereocenters. The maximum absolute atomic E-state index is 6.00. The summed E-state index contributed by atoms with van der Waals surface area (Å²) in [6.07, 6.45) is 1.13. The van der Waals surface area contributed by atoms with Crippen LogP contribution < -0.4 is 10.1 Å². The topological polar surface area (TPSA) is 46.1 Å². The molecule has 6 heteroatoms. The molecule has 1 N–H and O–H groups in total. The van der Waals surface area contributed by atoms with Crippen LogP contribution in [0.1, 0.15) is 27.2 Å². The third-order valence-electron chi connectivity index (χ3n) is 4.11. The number of hydrogen-bond acceptors (Lipinski definition) is 3. The minimum Gasteiger partial charge on any atom is -0.489 e. The SMILES string of the molecule is CCNC(=NCC(C)Oc1cccc(Cl)c1)N1CCC(COCC)C1. The maximum atomic E-state index is 6.00. The van der Waals surface area contributed by atoms with E-state index in [1.807, 2.05) is 38.1 Å². The number of ether oxygens (including phenoxy) is 2. The average molecular weight is 368 g/mol. The largest absolute Gasteiger partial charge is 0.489 e. The van der Waals surface area contributed by atoms with Gasteiger partial charge in [0, 0.05) is 37.2 Å². The van der Waals surface area contributed by atoms with E-state index in [1.54, 1.807) is 0 Å². The third-order valence-corrected chi connectivity index (χ3v) is 4.34. The second-order valence-electron chi connectivity index (χ2n) is 6.34. The van der Waals surface area contributed by atoms with Crippen LogP contribution in [0.3, 0.4) is 0 Å². The first-order valence-corrected chi connectivity index (χ1v) is 9.53. The Kier molecular flexibility index (Phi) is 8.35. The molecule has 2 rings (SSSR count). The summed E-state index contributed by atoms with van der Waals surface area (Å²) in [5.41, 5.74) is 0. The van der Waals surface area contributed by atoms with Crippen LogP contribution in [0.4, 0.5) is 0 Å². The highest BCUT2D eigenvalue weighted by Gasteiger charge is 2.25. The van der Waals surface area contributed by atoms with Crippen molar-refractivity contribution in [3.63, 3.8) is 0 Å². The summed E-state index contributed by atoms with van der Waals surface area (Å²) in [6.45, 7) is 11.2. The summed E-state index contributed by atoms with van der Waals surface area (Å²) in [6, 6.07) is 7.47. The summed E-state index contributed by atoms with van der Waals surface area (Å²) in [5.74, 6) is 2.32. The summed E-state index contributed by atoms with van der Waals surface area (Å²) in [5, 5.41) is 4.07. The van der Waals surface area contributed by atoms with Gasteiger partial charge in [0.1, 0.15) is 11.9 Å². The normalized spacial score (nSPS) is 19.1. The molecule has 25 heavy (non-hydrogen) atoms. The molecule has 1 aliphatic rings. The van der Waals surface area contributed by atoms with Crippen LogP contribution in [0.25, 0.3) is 0 Å². The van der Waals surface area contributed by atoms with Gasteiger partial charge in [-0.15, -0.1) is 0 Å². The zero-order valence-electron chi connectivity index (χ0n) is 15.5. The number of aliphatic imine (C=N–C) groups is 1. The van der Waals surface area contributed by atoms with Crippen LogP contribution in [-0.2, 0) is 4.74 Å². The first kappa shape index (κ1) is 19.9. The van der Waals surface area contributed by atoms with E-state index in [0.29, 0.717) is 17.5 Å². The lowest BCUT2D eigenvalue weighted by molar-refractivity contribution is 0.114. The molecule has 5 nitrogen and oxygen atoms in total. The highest BCUT2D eigenvalue weighted by atomic mass is 35.5. The van der Waals surface area contributed by atoms with Gasteiger partial charge in [0.25, 0.3) is 0 Å². The van der Waals surface area contributed by atoms with Crippen molar-refractivity contribution in [2.45, 2.75) is 33.3 Å². The van der Waals surface area contributed by atoms with Crippen molar-refractivity contribution in [1.29, 1.82) is 0 Å². The van der Waals surface area contributed by atoms with E-state index in [9.17, 15) is 0 Å². The molecule has 1 heterocycles. The number of hydrogen-bond donors (Lipinski definition) is 1. The van der Waals surface area contributed by atoms with Gasteiger partial charge in [-0.2, -0.15) is 0 Å². The smallest absolute Gasteiger partial charge is 0.194 e. The second-order valence-corrected chi connectivity index (χ2v) is 6.78. The lowest BCUT2D eigenvalue weighted by atomic mass is 10.1. The predicted molar refractivity (Wildman–Crippen MR) is 104 cm³/mol. The van der Waals surface area contributed by atoms with Crippen LogP contribution in [0.5, 0.6) is 5.75 Å². The van der Waals surface area contributed by atoms with Crippen molar-refractivity contribution in [2.24, 2.45) is 10.9 Å². The Bertz CT molecular complexity index is 553. The predicted octanol–water partition coefficient (Wildman–Crippen LogP) is 3.43. The Morgan fingerprint density at radius 3 is 3.00 bits per heavy atom. The van der Waals surface area contributed by atoms with Crippen LogP contribution in [0.2, 0.25) is 5.02 Å². The third kappa shape index (κ3) is 6.75. The van der Waals surface area contributed by atoms with Gasteiger partial charge in [0.15, 0.2) is 5.96 Å². The van der Waals surface area contributed by atoms with E-state index in [4.69, 9.17) is 26.1 Å². The molecule has 1 aromatic carbocycles. The molecule has 0 aromatic heterocycles. The van der Waals surface area contributed by atoms with Crippen LogP contribution in [0, 0.1) is 5.92 Å². The summed E-state index contributed by atoms with van der Waals surface area (Å²) in [7, 11) is 0. The zero-order chi connectivity index (χ0) is 18.1. The maximum Gasteiger partial charge on any atom is 0.194 e. The standard InChI is InChI=1S/C19H30ClN3O2/c1-4-21-19(23-10-9-16(13-23)14-24-5-2)22-12-15(3)25-18-8-6-7-17(20)11-18/h6-8,11,15-16H,4-5,9-10,12-14H2,1-3H3,(H,21,22). The average Bonchev–Trinajstić information content (AvgIpc) is 3.05. The fraction of sp³-hybridized carbons (Fsp3) is 0.632. The monoisotopic (exact) mass is 367 g/mol. The number of nitrogens with one attached hydrogen (secondary N) is 1. The Balaban J connectivity index is 1.88. The van der Waals surface area contributed by atoms with E-state index in [-0.39, 0.29) is 6.10 Å². The van der Waals surface area contributed by atoms with Crippen molar-refractivity contribution in [3.05, 3.63) is 29.3 Å². The Morgan fingerprint density at radius 2 is 2.28 bits per heavy atom. The first-order valence-electron chi connectivity index (χ1n) is 9.15. The molecule has 0 saturated carbocycles. The number of benzene rings is 1. The minimum absolute atomic E-state index is 0.0195. The highest BCUT2D eigenvalue weighted by Crippen LogP contribution is 2.19. The van der Waals surface area contributed by atoms with Gasteiger partial charge < -0.3 is 19.7 Å². The Labute approximate surface area is 156 Å². The number of likely N-dealkylation sites (tertiary alicyclic amines) is 1. The van der Waals surface area contributed by atoms with Gasteiger partial charge in [-0.05, 0) is 45.4 Å². The Morgan fingerprint density at radius 1 is 1.44 bits per heavy atom. The molecule has 0 amide bonds. The Hall–Kier alpha value is -1.46. The minimum atomic E-state index is -0.0195. The van der Waals surface area contributed by atoms with E-state index in [1.165, 1.54) is 0 Å². The molecular formula is C19H30ClN3O2. The number of rotatable bonds is 8. The van der Waals surface area contributed by atoms with Crippen molar-refractivity contribution in [3.8, 4) is 5.75 Å². The van der Waals surface area contributed by atoms with Gasteiger partial charge in [-0.3, -0.25) is 0 Å². The van der Waals surface area contributed by atoms with Crippen LogP contribution >= 0.6 is 11.6 Å². The molecule has 0 bridgehead atoms. The van der Waals surface area contributed by atoms with Crippen molar-refractivity contribution in [2.75, 3.05) is 39.4 Å². The highest BCUT2D eigenvalue weighted by molar-refractivity contribution is 6.30. The molecule has 0 radical (unpaired) electrons. The first-order chi connectivity index (χ1) is 12.1. The van der Waals surface area contributed by atoms with E-state index in [2.05, 4.69) is 17.1 Å². The van der Waals surface area contributed by atoms with Crippen LogP contribution in [-0.4, -0.2) is 56.4 Å². The molecule has 1 fully saturated rings. The molecule has 1 aliphatic heterocycles. The lowest BCUT2D eigenvalue weighted by Gasteiger charge is -2.22. The van der Waals surface area contributed by atoms with E-state index >= 15 is 0 Å². The molecular weight excluding hydrogens is 338 g/mol. The zero-order valence-corrected chi connectivity index (χ0v) is 16.3. The van der Waals surface area contributed by atoms with E-state index < -0.39 is 0 Å². The molecule has 0 spiro atoms. The van der Waals surface area contributed by atoms with Crippen molar-refractivity contribution < 1.29 is 9.47 Å². The number of nitrogens with zero attached hydrogens (tertiary/aromatic N) is 2. The summed E-state index contributed by atoms with van der Waals surface area (Å²) < 4.78 is 11.5. The summed E-state index contributed by atoms with van der Waals surface area (Å²) >= 11 is 6.00. The van der Waals surface area contributed by atoms with Gasteiger partial charge in [0.05, 0.1) is 13.2 Å². The molecule has 0 aliphatic carbocycles. The van der Waals surface area contributed by atoms with E-state index in [0.717, 1.165) is 51.0 Å². The lowest BCUT2D eigenvalue weighted by Crippen LogP contribution is -2.41. The molecule has 140 valence electrons. The van der Waals surface area contributed by atoms with Gasteiger partial charge in [-0.1, -0.05) is 17.7 Å². The molecule has 1 saturated heterocycles. The molecule has 2 unspecified atom stereocenters. The molecule has 1 aromatic rings. The fourth-order valence-electron chi connectivity index (χ4n) is 2.90. The quantitative estimate of drug-likeness (QED) is 0.564. The summed E-state index contributed by atoms with van der Waals surface area (Å²) in [4.78, 5) is 7.08. The number of halogens is 1. The van der Waals surface area contributed by atoms with Crippen molar-refractivity contribution >= 4 is 17.6 Å². The van der Waals surface area contributed by atoms with Crippen molar-refractivity contribution in [1.82, 2.24) is 10.2 Å².